The van der Waals surface area contributed by atoms with Crippen LogP contribution in [0.2, 0.25) is 0 Å². The number of carbonyl (C=O) groups is 1. The SMILES string of the molecule is C=C(C)[C@@H]1CC[C@](C)(O)[C@H]2CC(=O)C(C)=C[C@@H]12. The molecule has 2 aliphatic carbocycles. The van der Waals surface area contributed by atoms with Crippen molar-refractivity contribution in [3.8, 4) is 0 Å². The molecule has 0 aromatic carbocycles. The van der Waals surface area contributed by atoms with E-state index >= 15 is 0 Å². The molecule has 0 amide bonds. The minimum atomic E-state index is -0.705. The Bertz CT molecular complexity index is 390. The van der Waals surface area contributed by atoms with Crippen LogP contribution in [0.4, 0.5) is 0 Å². The van der Waals surface area contributed by atoms with Gasteiger partial charge in [0, 0.05) is 12.3 Å². The Morgan fingerprint density at radius 1 is 1.59 bits per heavy atom. The summed E-state index contributed by atoms with van der Waals surface area (Å²) in [5.74, 6) is 0.959. The predicted octanol–water partition coefficient (Wildman–Crippen LogP) is 2.88. The first-order valence-corrected chi connectivity index (χ1v) is 6.42. The lowest BCUT2D eigenvalue weighted by molar-refractivity contribution is -0.125. The van der Waals surface area contributed by atoms with Crippen molar-refractivity contribution in [3.05, 3.63) is 23.8 Å². The Morgan fingerprint density at radius 2 is 2.24 bits per heavy atom. The third kappa shape index (κ3) is 2.11. The monoisotopic (exact) mass is 234 g/mol. The molecule has 0 aliphatic heterocycles. The fourth-order valence-corrected chi connectivity index (χ4v) is 3.43. The molecule has 1 fully saturated rings. The van der Waals surface area contributed by atoms with Crippen LogP contribution in [-0.2, 0) is 4.79 Å². The van der Waals surface area contributed by atoms with Crippen molar-refractivity contribution >= 4 is 5.78 Å². The zero-order valence-corrected chi connectivity index (χ0v) is 11.0. The van der Waals surface area contributed by atoms with Gasteiger partial charge in [0.2, 0.25) is 0 Å². The summed E-state index contributed by atoms with van der Waals surface area (Å²) in [5.41, 5.74) is 1.33. The molecule has 0 aromatic rings. The van der Waals surface area contributed by atoms with Crippen LogP contribution in [0.5, 0.6) is 0 Å². The quantitative estimate of drug-likeness (QED) is 0.708. The highest BCUT2D eigenvalue weighted by molar-refractivity contribution is 5.96. The average Bonchev–Trinajstić information content (AvgIpc) is 2.20. The molecule has 1 saturated carbocycles. The van der Waals surface area contributed by atoms with Crippen LogP contribution < -0.4 is 0 Å². The van der Waals surface area contributed by atoms with Gasteiger partial charge in [-0.15, -0.1) is 0 Å². The molecule has 0 aromatic heterocycles. The molecule has 2 heteroatoms. The molecule has 4 atom stereocenters. The van der Waals surface area contributed by atoms with Gasteiger partial charge < -0.3 is 5.11 Å². The van der Waals surface area contributed by atoms with Crippen LogP contribution in [-0.4, -0.2) is 16.5 Å². The molecule has 17 heavy (non-hydrogen) atoms. The lowest BCUT2D eigenvalue weighted by Gasteiger charge is -2.48. The molecule has 94 valence electrons. The number of aliphatic hydroxyl groups is 1. The molecule has 2 nitrogen and oxygen atoms in total. The van der Waals surface area contributed by atoms with Crippen molar-refractivity contribution in [3.63, 3.8) is 0 Å². The summed E-state index contributed by atoms with van der Waals surface area (Å²) in [6, 6.07) is 0. The topological polar surface area (TPSA) is 37.3 Å². The first-order valence-electron chi connectivity index (χ1n) is 6.42. The number of allylic oxidation sites excluding steroid dienone is 3. The van der Waals surface area contributed by atoms with Gasteiger partial charge in [-0.2, -0.15) is 0 Å². The van der Waals surface area contributed by atoms with E-state index in [2.05, 4.69) is 19.6 Å². The summed E-state index contributed by atoms with van der Waals surface area (Å²) >= 11 is 0. The van der Waals surface area contributed by atoms with E-state index in [1.807, 2.05) is 13.8 Å². The fourth-order valence-electron chi connectivity index (χ4n) is 3.43. The van der Waals surface area contributed by atoms with E-state index in [-0.39, 0.29) is 17.6 Å². The molecular formula is C15H22O2. The Morgan fingerprint density at radius 3 is 2.82 bits per heavy atom. The molecule has 0 saturated heterocycles. The Labute approximate surface area is 103 Å². The van der Waals surface area contributed by atoms with Crippen molar-refractivity contribution in [1.29, 1.82) is 0 Å². The fraction of sp³-hybridized carbons (Fsp3) is 0.667. The lowest BCUT2D eigenvalue weighted by atomic mass is 9.59. The van der Waals surface area contributed by atoms with Crippen molar-refractivity contribution in [2.24, 2.45) is 17.8 Å². The minimum Gasteiger partial charge on any atom is -0.390 e. The standard InChI is InChI=1S/C15H22O2/c1-9(2)11-5-6-15(4,17)13-8-14(16)10(3)7-12(11)13/h7,11-13,17H,1,5-6,8H2,2-4H3/t11-,12-,13-,15-/m0/s1. The Balaban J connectivity index is 2.38. The number of ketones is 1. The first-order chi connectivity index (χ1) is 7.83. The highest BCUT2D eigenvalue weighted by Crippen LogP contribution is 2.48. The van der Waals surface area contributed by atoms with Crippen molar-refractivity contribution in [2.75, 3.05) is 0 Å². The maximum absolute atomic E-state index is 11.8. The maximum Gasteiger partial charge on any atom is 0.158 e. The second kappa shape index (κ2) is 4.09. The van der Waals surface area contributed by atoms with Gasteiger partial charge in [0.25, 0.3) is 0 Å². The number of Topliss-reactive ketones (excluding diaryl/α,β-unsaturated/α-hetero) is 1. The molecule has 1 N–H and O–H groups in total. The lowest BCUT2D eigenvalue weighted by Crippen LogP contribution is -2.48. The Kier molecular flexibility index (Phi) is 3.03. The number of rotatable bonds is 1. The third-order valence-corrected chi connectivity index (χ3v) is 4.61. The third-order valence-electron chi connectivity index (χ3n) is 4.61. The van der Waals surface area contributed by atoms with Crippen LogP contribution in [0.1, 0.15) is 40.0 Å². The number of fused-ring (bicyclic) bond motifs is 1. The zero-order valence-electron chi connectivity index (χ0n) is 11.0. The van der Waals surface area contributed by atoms with Crippen LogP contribution >= 0.6 is 0 Å². The van der Waals surface area contributed by atoms with E-state index in [1.54, 1.807) is 0 Å². The number of hydrogen-bond acceptors (Lipinski definition) is 2. The summed E-state index contributed by atoms with van der Waals surface area (Å²) in [6.45, 7) is 9.89. The van der Waals surface area contributed by atoms with Crippen LogP contribution in [0.25, 0.3) is 0 Å². The van der Waals surface area contributed by atoms with Gasteiger partial charge in [-0.3, -0.25) is 4.79 Å². The summed E-state index contributed by atoms with van der Waals surface area (Å²) < 4.78 is 0. The maximum atomic E-state index is 11.8. The van der Waals surface area contributed by atoms with Crippen molar-refractivity contribution in [2.45, 2.75) is 45.6 Å². The molecule has 0 heterocycles. The predicted molar refractivity (Wildman–Crippen MR) is 68.5 cm³/mol. The van der Waals surface area contributed by atoms with Gasteiger partial charge in [0.15, 0.2) is 5.78 Å². The van der Waals surface area contributed by atoms with E-state index in [0.717, 1.165) is 18.4 Å². The van der Waals surface area contributed by atoms with Crippen LogP contribution in [0, 0.1) is 17.8 Å². The van der Waals surface area contributed by atoms with Gasteiger partial charge in [-0.05, 0) is 51.0 Å². The van der Waals surface area contributed by atoms with Crippen molar-refractivity contribution < 1.29 is 9.90 Å². The van der Waals surface area contributed by atoms with Gasteiger partial charge in [0.05, 0.1) is 5.60 Å². The molecule has 0 unspecified atom stereocenters. The number of carbonyl (C=O) groups excluding carboxylic acids is 1. The molecule has 0 spiro atoms. The van der Waals surface area contributed by atoms with Gasteiger partial charge in [0.1, 0.15) is 0 Å². The average molecular weight is 234 g/mol. The largest absolute Gasteiger partial charge is 0.390 e. The zero-order chi connectivity index (χ0) is 12.8. The number of hydrogen-bond donors (Lipinski definition) is 1. The molecule has 2 rings (SSSR count). The van der Waals surface area contributed by atoms with Crippen LogP contribution in [0.15, 0.2) is 23.8 Å². The van der Waals surface area contributed by atoms with E-state index in [4.69, 9.17) is 0 Å². The molecule has 2 aliphatic rings. The second-order valence-electron chi connectivity index (χ2n) is 6.01. The molecule has 0 bridgehead atoms. The highest BCUT2D eigenvalue weighted by atomic mass is 16.3. The van der Waals surface area contributed by atoms with E-state index in [0.29, 0.717) is 12.3 Å². The molecule has 0 radical (unpaired) electrons. The van der Waals surface area contributed by atoms with E-state index in [9.17, 15) is 9.90 Å². The summed E-state index contributed by atoms with van der Waals surface area (Å²) in [5, 5.41) is 10.5. The first kappa shape index (κ1) is 12.6. The summed E-state index contributed by atoms with van der Waals surface area (Å²) in [6.07, 6.45) is 4.31. The van der Waals surface area contributed by atoms with Crippen LogP contribution in [0.3, 0.4) is 0 Å². The summed E-state index contributed by atoms with van der Waals surface area (Å²) in [4.78, 5) is 11.8. The summed E-state index contributed by atoms with van der Waals surface area (Å²) in [7, 11) is 0. The molecular weight excluding hydrogens is 212 g/mol. The van der Waals surface area contributed by atoms with Crippen molar-refractivity contribution in [1.82, 2.24) is 0 Å². The van der Waals surface area contributed by atoms with Gasteiger partial charge in [-0.25, -0.2) is 0 Å². The second-order valence-corrected chi connectivity index (χ2v) is 6.01. The smallest absolute Gasteiger partial charge is 0.158 e. The highest BCUT2D eigenvalue weighted by Gasteiger charge is 2.47. The normalized spacial score (nSPS) is 41.8. The van der Waals surface area contributed by atoms with E-state index in [1.165, 1.54) is 5.57 Å². The minimum absolute atomic E-state index is 0.0640. The van der Waals surface area contributed by atoms with Gasteiger partial charge in [-0.1, -0.05) is 18.2 Å². The Hall–Kier alpha value is -0.890. The van der Waals surface area contributed by atoms with E-state index < -0.39 is 5.60 Å². The van der Waals surface area contributed by atoms with Gasteiger partial charge >= 0.3 is 0 Å².